The first kappa shape index (κ1) is 22.1. The Hall–Kier alpha value is -3.07. The molecule has 0 radical (unpaired) electrons. The number of alkyl halides is 3. The Labute approximate surface area is 184 Å². The summed E-state index contributed by atoms with van der Waals surface area (Å²) < 4.78 is 46.9. The third-order valence-corrected chi connectivity index (χ3v) is 5.88. The van der Waals surface area contributed by atoms with E-state index >= 15 is 0 Å². The second kappa shape index (κ2) is 8.82. The highest BCUT2D eigenvalue weighted by molar-refractivity contribution is 5.94. The number of hydrogen-bond donors (Lipinski definition) is 1. The SMILES string of the molecule is CN(Cc1ccco1)C(=O)c1nn(C)c2c1C[C@@H](NCc1ccccc1C(F)(F)F)CC2. The molecule has 0 saturated heterocycles. The molecule has 6 nitrogen and oxygen atoms in total. The third kappa shape index (κ3) is 4.57. The number of aryl methyl sites for hydroxylation is 1. The lowest BCUT2D eigenvalue weighted by molar-refractivity contribution is -0.138. The van der Waals surface area contributed by atoms with Gasteiger partial charge in [0.2, 0.25) is 0 Å². The summed E-state index contributed by atoms with van der Waals surface area (Å²) in [5, 5.41) is 7.72. The van der Waals surface area contributed by atoms with Crippen LogP contribution in [0.3, 0.4) is 0 Å². The van der Waals surface area contributed by atoms with Gasteiger partial charge in [-0.2, -0.15) is 18.3 Å². The van der Waals surface area contributed by atoms with Crippen LogP contribution in [-0.4, -0.2) is 33.7 Å². The number of amides is 1. The third-order valence-electron chi connectivity index (χ3n) is 5.88. The number of furan rings is 1. The number of halogens is 3. The quantitative estimate of drug-likeness (QED) is 0.623. The van der Waals surface area contributed by atoms with Crippen LogP contribution >= 0.6 is 0 Å². The van der Waals surface area contributed by atoms with Crippen LogP contribution in [0.15, 0.2) is 47.1 Å². The van der Waals surface area contributed by atoms with E-state index in [9.17, 15) is 18.0 Å². The monoisotopic (exact) mass is 446 g/mol. The van der Waals surface area contributed by atoms with Crippen LogP contribution in [0.2, 0.25) is 0 Å². The number of fused-ring (bicyclic) bond motifs is 1. The molecule has 2 aromatic heterocycles. The maximum Gasteiger partial charge on any atom is 0.416 e. The van der Waals surface area contributed by atoms with Crippen LogP contribution in [0.1, 0.15) is 45.1 Å². The average Bonchev–Trinajstić information content (AvgIpc) is 3.39. The van der Waals surface area contributed by atoms with Crippen LogP contribution in [0.4, 0.5) is 13.2 Å². The molecule has 0 unspecified atom stereocenters. The fourth-order valence-electron chi connectivity index (χ4n) is 4.23. The van der Waals surface area contributed by atoms with Crippen molar-refractivity contribution in [3.8, 4) is 0 Å². The molecule has 170 valence electrons. The van der Waals surface area contributed by atoms with Crippen molar-refractivity contribution in [3.63, 3.8) is 0 Å². The zero-order valence-corrected chi connectivity index (χ0v) is 17.9. The highest BCUT2D eigenvalue weighted by Crippen LogP contribution is 2.32. The van der Waals surface area contributed by atoms with Gasteiger partial charge in [-0.3, -0.25) is 9.48 Å². The van der Waals surface area contributed by atoms with Gasteiger partial charge < -0.3 is 14.6 Å². The fourth-order valence-corrected chi connectivity index (χ4v) is 4.23. The Morgan fingerprint density at radius 2 is 2.06 bits per heavy atom. The second-order valence-electron chi connectivity index (χ2n) is 8.11. The molecule has 9 heteroatoms. The van der Waals surface area contributed by atoms with E-state index in [2.05, 4.69) is 10.4 Å². The standard InChI is InChI=1S/C23H25F3N4O2/c1-29(14-17-7-5-11-32-17)22(31)21-18-12-16(9-10-20(18)30(2)28-21)27-13-15-6-3-4-8-19(15)23(24,25)26/h3-8,11,16,27H,9-10,12-14H2,1-2H3/t16-/m0/s1. The van der Waals surface area contributed by atoms with Crippen molar-refractivity contribution in [3.05, 3.63) is 76.5 Å². The summed E-state index contributed by atoms with van der Waals surface area (Å²) in [6.07, 6.45) is -0.834. The summed E-state index contributed by atoms with van der Waals surface area (Å²) >= 11 is 0. The van der Waals surface area contributed by atoms with E-state index in [-0.39, 0.29) is 24.1 Å². The number of benzene rings is 1. The predicted molar refractivity (Wildman–Crippen MR) is 112 cm³/mol. The first-order chi connectivity index (χ1) is 15.2. The number of nitrogens with zero attached hydrogens (tertiary/aromatic N) is 3. The summed E-state index contributed by atoms with van der Waals surface area (Å²) in [6, 6.07) is 9.12. The Kier molecular flexibility index (Phi) is 6.10. The highest BCUT2D eigenvalue weighted by atomic mass is 19.4. The number of rotatable bonds is 6. The summed E-state index contributed by atoms with van der Waals surface area (Å²) in [5.74, 6) is 0.467. The van der Waals surface area contributed by atoms with Crippen LogP contribution in [0.5, 0.6) is 0 Å². The lowest BCUT2D eigenvalue weighted by atomic mass is 9.90. The van der Waals surface area contributed by atoms with Gasteiger partial charge in [0, 0.05) is 37.9 Å². The molecule has 4 rings (SSSR count). The molecule has 1 amide bonds. The van der Waals surface area contributed by atoms with Gasteiger partial charge in [-0.1, -0.05) is 18.2 Å². The van der Waals surface area contributed by atoms with Gasteiger partial charge in [-0.25, -0.2) is 0 Å². The summed E-state index contributed by atoms with van der Waals surface area (Å²) in [4.78, 5) is 14.6. The molecule has 0 fully saturated rings. The molecule has 1 aliphatic rings. The van der Waals surface area contributed by atoms with Crippen molar-refractivity contribution >= 4 is 5.91 Å². The maximum atomic E-state index is 13.3. The molecular formula is C23H25F3N4O2. The van der Waals surface area contributed by atoms with Crippen molar-refractivity contribution in [2.45, 2.75) is 44.6 Å². The zero-order chi connectivity index (χ0) is 22.9. The number of carbonyl (C=O) groups excluding carboxylic acids is 1. The van der Waals surface area contributed by atoms with E-state index in [1.165, 1.54) is 12.1 Å². The average molecular weight is 446 g/mol. The Morgan fingerprint density at radius 1 is 1.28 bits per heavy atom. The minimum Gasteiger partial charge on any atom is -0.467 e. The van der Waals surface area contributed by atoms with Gasteiger partial charge in [-0.05, 0) is 43.0 Å². The molecule has 0 aliphatic heterocycles. The van der Waals surface area contributed by atoms with E-state index in [0.717, 1.165) is 23.7 Å². The smallest absolute Gasteiger partial charge is 0.416 e. The van der Waals surface area contributed by atoms with E-state index < -0.39 is 11.7 Å². The topological polar surface area (TPSA) is 63.3 Å². The van der Waals surface area contributed by atoms with Gasteiger partial charge in [-0.15, -0.1) is 0 Å². The van der Waals surface area contributed by atoms with E-state index in [1.807, 2.05) is 7.05 Å². The van der Waals surface area contributed by atoms with Crippen molar-refractivity contribution in [2.75, 3.05) is 7.05 Å². The molecule has 1 atom stereocenters. The molecular weight excluding hydrogens is 421 g/mol. The normalized spacial score (nSPS) is 16.1. The molecule has 0 bridgehead atoms. The van der Waals surface area contributed by atoms with Crippen LogP contribution in [-0.2, 0) is 39.2 Å². The van der Waals surface area contributed by atoms with Crippen LogP contribution in [0.25, 0.3) is 0 Å². The Morgan fingerprint density at radius 3 is 2.78 bits per heavy atom. The van der Waals surface area contributed by atoms with E-state index in [0.29, 0.717) is 30.8 Å². The Balaban J connectivity index is 1.47. The minimum atomic E-state index is -4.39. The van der Waals surface area contributed by atoms with Crippen molar-refractivity contribution in [1.29, 1.82) is 0 Å². The second-order valence-corrected chi connectivity index (χ2v) is 8.11. The van der Waals surface area contributed by atoms with E-state index in [4.69, 9.17) is 4.42 Å². The summed E-state index contributed by atoms with van der Waals surface area (Å²) in [7, 11) is 3.51. The van der Waals surface area contributed by atoms with Crippen LogP contribution < -0.4 is 5.32 Å². The van der Waals surface area contributed by atoms with Gasteiger partial charge in [0.05, 0.1) is 18.4 Å². The molecule has 2 heterocycles. The van der Waals surface area contributed by atoms with Crippen molar-refractivity contribution in [1.82, 2.24) is 20.0 Å². The van der Waals surface area contributed by atoms with Crippen molar-refractivity contribution in [2.24, 2.45) is 7.05 Å². The molecule has 1 aromatic carbocycles. The number of carbonyl (C=O) groups is 1. The van der Waals surface area contributed by atoms with Gasteiger partial charge in [0.15, 0.2) is 5.69 Å². The van der Waals surface area contributed by atoms with Crippen LogP contribution in [0, 0.1) is 0 Å². The molecule has 0 saturated carbocycles. The number of hydrogen-bond acceptors (Lipinski definition) is 4. The Bertz CT molecular complexity index is 1090. The van der Waals surface area contributed by atoms with Gasteiger partial charge in [0.25, 0.3) is 5.91 Å². The lowest BCUT2D eigenvalue weighted by Gasteiger charge is -2.25. The minimum absolute atomic E-state index is 0.0464. The summed E-state index contributed by atoms with van der Waals surface area (Å²) in [6.45, 7) is 0.435. The lowest BCUT2D eigenvalue weighted by Crippen LogP contribution is -2.36. The van der Waals surface area contributed by atoms with Gasteiger partial charge >= 0.3 is 6.18 Å². The largest absolute Gasteiger partial charge is 0.467 e. The fraction of sp³-hybridized carbons (Fsp3) is 0.391. The van der Waals surface area contributed by atoms with Gasteiger partial charge in [0.1, 0.15) is 5.76 Å². The molecule has 0 spiro atoms. The first-order valence-corrected chi connectivity index (χ1v) is 10.4. The molecule has 3 aromatic rings. The highest BCUT2D eigenvalue weighted by Gasteiger charge is 2.33. The van der Waals surface area contributed by atoms with Crippen molar-refractivity contribution < 1.29 is 22.4 Å². The number of aromatic nitrogens is 2. The maximum absolute atomic E-state index is 13.3. The molecule has 1 N–H and O–H groups in total. The number of nitrogens with one attached hydrogen (secondary N) is 1. The van der Waals surface area contributed by atoms with E-state index in [1.54, 1.807) is 41.1 Å². The predicted octanol–water partition coefficient (Wildman–Crippen LogP) is 3.95. The molecule has 1 aliphatic carbocycles. The zero-order valence-electron chi connectivity index (χ0n) is 17.9. The molecule has 32 heavy (non-hydrogen) atoms. The first-order valence-electron chi connectivity index (χ1n) is 10.4. The summed E-state index contributed by atoms with van der Waals surface area (Å²) in [5.41, 5.74) is 1.83.